The molecular weight excluding hydrogens is 375 g/mol. The maximum Gasteiger partial charge on any atom is 0.255 e. The Morgan fingerprint density at radius 1 is 1.27 bits per heavy atom. The number of hydrogen-bond acceptors (Lipinski definition) is 5. The van der Waals surface area contributed by atoms with E-state index in [4.69, 9.17) is 10.5 Å². The maximum absolute atomic E-state index is 12.9. The van der Waals surface area contributed by atoms with Crippen LogP contribution in [0.15, 0.2) is 18.3 Å². The van der Waals surface area contributed by atoms with E-state index in [1.54, 1.807) is 6.20 Å². The highest BCUT2D eigenvalue weighted by Gasteiger charge is 2.26. The third-order valence-corrected chi connectivity index (χ3v) is 5.13. The van der Waals surface area contributed by atoms with Crippen LogP contribution in [0.4, 0.5) is 5.82 Å². The number of hydrogen-bond donors (Lipinski definition) is 2. The van der Waals surface area contributed by atoms with Gasteiger partial charge in [0.05, 0.1) is 18.8 Å². The van der Waals surface area contributed by atoms with Crippen molar-refractivity contribution in [3.05, 3.63) is 23.9 Å². The number of ether oxygens (including phenoxy) is 1. The number of anilines is 1. The average molecular weight is 405 g/mol. The number of carbonyl (C=O) groups is 1. The molecule has 1 aliphatic carbocycles. The van der Waals surface area contributed by atoms with E-state index in [0.717, 1.165) is 31.7 Å². The van der Waals surface area contributed by atoms with Gasteiger partial charge in [0.1, 0.15) is 5.82 Å². The highest BCUT2D eigenvalue weighted by Crippen LogP contribution is 2.27. The van der Waals surface area contributed by atoms with Crippen molar-refractivity contribution in [2.45, 2.75) is 38.1 Å². The molecule has 1 aliphatic heterocycles. The molecule has 26 heavy (non-hydrogen) atoms. The fraction of sp³-hybridized carbons (Fsp3) is 0.667. The van der Waals surface area contributed by atoms with Crippen LogP contribution in [-0.2, 0) is 4.74 Å². The quantitative estimate of drug-likeness (QED) is 0.787. The molecule has 148 valence electrons. The van der Waals surface area contributed by atoms with Crippen molar-refractivity contribution in [3.63, 3.8) is 0 Å². The molecule has 2 aliphatic rings. The van der Waals surface area contributed by atoms with Crippen LogP contribution in [0.25, 0.3) is 0 Å². The summed E-state index contributed by atoms with van der Waals surface area (Å²) in [5.74, 6) is 1.18. The predicted molar refractivity (Wildman–Crippen MR) is 109 cm³/mol. The molecule has 0 bridgehead atoms. The summed E-state index contributed by atoms with van der Waals surface area (Å²) in [4.78, 5) is 19.4. The van der Waals surface area contributed by atoms with Crippen molar-refractivity contribution >= 4 is 36.5 Å². The van der Waals surface area contributed by atoms with Gasteiger partial charge in [0.15, 0.2) is 0 Å². The van der Waals surface area contributed by atoms with E-state index in [-0.39, 0.29) is 36.8 Å². The van der Waals surface area contributed by atoms with Crippen molar-refractivity contribution in [2.75, 3.05) is 37.7 Å². The molecule has 0 radical (unpaired) electrons. The molecule has 1 saturated heterocycles. The molecule has 1 atom stereocenters. The predicted octanol–water partition coefficient (Wildman–Crippen LogP) is 2.40. The van der Waals surface area contributed by atoms with E-state index in [9.17, 15) is 4.79 Å². The van der Waals surface area contributed by atoms with Gasteiger partial charge in [-0.3, -0.25) is 4.79 Å². The number of pyridine rings is 1. The number of halogens is 2. The second kappa shape index (κ2) is 11.6. The molecule has 0 spiro atoms. The molecule has 2 heterocycles. The fourth-order valence-corrected chi connectivity index (χ4v) is 3.75. The minimum Gasteiger partial charge on any atom is -0.378 e. The van der Waals surface area contributed by atoms with Crippen LogP contribution in [0.3, 0.4) is 0 Å². The standard InChI is InChI=1S/C18H28N4O2.2ClH/c19-13-16(14-5-2-1-3-6-14)21-18(23)15-7-4-8-20-17(15)22-9-11-24-12-10-22;;/h4,7-8,14,16H,1-3,5-6,9-13,19H2,(H,21,23);2*1H. The van der Waals surface area contributed by atoms with Gasteiger partial charge in [-0.25, -0.2) is 4.98 Å². The Morgan fingerprint density at radius 3 is 2.62 bits per heavy atom. The van der Waals surface area contributed by atoms with E-state index in [1.165, 1.54) is 19.3 Å². The van der Waals surface area contributed by atoms with Crippen LogP contribution < -0.4 is 16.0 Å². The van der Waals surface area contributed by atoms with Gasteiger partial charge in [-0.05, 0) is 30.9 Å². The summed E-state index contributed by atoms with van der Waals surface area (Å²) in [5, 5.41) is 3.17. The van der Waals surface area contributed by atoms with Gasteiger partial charge in [0.2, 0.25) is 0 Å². The zero-order chi connectivity index (χ0) is 16.8. The van der Waals surface area contributed by atoms with Crippen molar-refractivity contribution in [2.24, 2.45) is 11.7 Å². The molecule has 1 aromatic rings. The molecular formula is C18H30Cl2N4O2. The van der Waals surface area contributed by atoms with E-state index in [2.05, 4.69) is 15.2 Å². The van der Waals surface area contributed by atoms with Gasteiger partial charge in [0, 0.05) is 31.9 Å². The highest BCUT2D eigenvalue weighted by atomic mass is 35.5. The largest absolute Gasteiger partial charge is 0.378 e. The van der Waals surface area contributed by atoms with Crippen molar-refractivity contribution in [1.29, 1.82) is 0 Å². The normalized spacial score (nSPS) is 19.0. The van der Waals surface area contributed by atoms with E-state index in [1.807, 2.05) is 12.1 Å². The van der Waals surface area contributed by atoms with Crippen molar-refractivity contribution in [1.82, 2.24) is 10.3 Å². The first-order valence-corrected chi connectivity index (χ1v) is 9.08. The Morgan fingerprint density at radius 2 is 1.96 bits per heavy atom. The van der Waals surface area contributed by atoms with Gasteiger partial charge in [0.25, 0.3) is 5.91 Å². The first-order valence-electron chi connectivity index (χ1n) is 9.08. The Labute approximate surface area is 168 Å². The Kier molecular flexibility index (Phi) is 10.2. The summed E-state index contributed by atoms with van der Waals surface area (Å²) >= 11 is 0. The average Bonchev–Trinajstić information content (AvgIpc) is 2.67. The van der Waals surface area contributed by atoms with Gasteiger partial charge < -0.3 is 20.7 Å². The topological polar surface area (TPSA) is 80.5 Å². The van der Waals surface area contributed by atoms with Crippen LogP contribution in [0.5, 0.6) is 0 Å². The zero-order valence-electron chi connectivity index (χ0n) is 15.1. The van der Waals surface area contributed by atoms with Gasteiger partial charge in [-0.2, -0.15) is 0 Å². The lowest BCUT2D eigenvalue weighted by Gasteiger charge is -2.31. The number of rotatable bonds is 5. The molecule has 2 fully saturated rings. The van der Waals surface area contributed by atoms with Crippen molar-refractivity contribution < 1.29 is 9.53 Å². The number of morpholine rings is 1. The monoisotopic (exact) mass is 404 g/mol. The summed E-state index contributed by atoms with van der Waals surface area (Å²) in [6.07, 6.45) is 7.83. The second-order valence-corrected chi connectivity index (χ2v) is 6.69. The summed E-state index contributed by atoms with van der Waals surface area (Å²) in [5.41, 5.74) is 6.59. The lowest BCUT2D eigenvalue weighted by atomic mass is 9.84. The minimum absolute atomic E-state index is 0. The van der Waals surface area contributed by atoms with Crippen LogP contribution >= 0.6 is 24.8 Å². The summed E-state index contributed by atoms with van der Waals surface area (Å²) in [7, 11) is 0. The number of nitrogens with one attached hydrogen (secondary N) is 1. The van der Waals surface area contributed by atoms with Crippen LogP contribution in [0, 0.1) is 5.92 Å². The Bertz CT molecular complexity index is 550. The highest BCUT2D eigenvalue weighted by molar-refractivity contribution is 5.99. The Balaban J connectivity index is 0.00000169. The third-order valence-electron chi connectivity index (χ3n) is 5.13. The summed E-state index contributed by atoms with van der Waals surface area (Å²) in [6, 6.07) is 3.72. The summed E-state index contributed by atoms with van der Waals surface area (Å²) in [6.45, 7) is 3.36. The fourth-order valence-electron chi connectivity index (χ4n) is 3.75. The molecule has 1 saturated carbocycles. The number of aromatic nitrogens is 1. The van der Waals surface area contributed by atoms with Crippen LogP contribution in [0.1, 0.15) is 42.5 Å². The van der Waals surface area contributed by atoms with E-state index >= 15 is 0 Å². The molecule has 0 aromatic carbocycles. The first kappa shape index (κ1) is 23.0. The second-order valence-electron chi connectivity index (χ2n) is 6.69. The van der Waals surface area contributed by atoms with Gasteiger partial charge in [-0.1, -0.05) is 19.3 Å². The smallest absolute Gasteiger partial charge is 0.255 e. The third kappa shape index (κ3) is 5.71. The molecule has 1 amide bonds. The first-order chi connectivity index (χ1) is 11.8. The van der Waals surface area contributed by atoms with Crippen LogP contribution in [0.2, 0.25) is 0 Å². The van der Waals surface area contributed by atoms with Crippen LogP contribution in [-0.4, -0.2) is 49.8 Å². The molecule has 6 nitrogen and oxygen atoms in total. The van der Waals surface area contributed by atoms with Gasteiger partial charge >= 0.3 is 0 Å². The Hall–Kier alpha value is -1.08. The minimum atomic E-state index is -0.0642. The van der Waals surface area contributed by atoms with E-state index < -0.39 is 0 Å². The molecule has 1 unspecified atom stereocenters. The molecule has 3 rings (SSSR count). The molecule has 3 N–H and O–H groups in total. The summed E-state index contributed by atoms with van der Waals surface area (Å²) < 4.78 is 5.40. The molecule has 8 heteroatoms. The maximum atomic E-state index is 12.9. The van der Waals surface area contributed by atoms with Gasteiger partial charge in [-0.15, -0.1) is 24.8 Å². The number of amides is 1. The van der Waals surface area contributed by atoms with Crippen molar-refractivity contribution in [3.8, 4) is 0 Å². The zero-order valence-corrected chi connectivity index (χ0v) is 16.7. The number of nitrogens with two attached hydrogens (primary N) is 1. The number of nitrogens with zero attached hydrogens (tertiary/aromatic N) is 2. The number of carbonyl (C=O) groups excluding carboxylic acids is 1. The SMILES string of the molecule is Cl.Cl.NCC(NC(=O)c1cccnc1N1CCOCC1)C1CCCCC1. The lowest BCUT2D eigenvalue weighted by molar-refractivity contribution is 0.0914. The lowest BCUT2D eigenvalue weighted by Crippen LogP contribution is -2.46. The van der Waals surface area contributed by atoms with E-state index in [0.29, 0.717) is 31.2 Å². The molecule has 1 aromatic heterocycles.